The van der Waals surface area contributed by atoms with E-state index in [-0.39, 0.29) is 40.1 Å². The van der Waals surface area contributed by atoms with Crippen molar-refractivity contribution in [1.29, 1.82) is 0 Å². The number of fused-ring (bicyclic) bond motifs is 2. The average Bonchev–Trinajstić information content (AvgIpc) is 3.77. The summed E-state index contributed by atoms with van der Waals surface area (Å²) in [5.74, 6) is -0.102. The number of anilines is 1. The maximum Gasteiger partial charge on any atom is 0.280 e. The fourth-order valence-electron chi connectivity index (χ4n) is 5.35. The van der Waals surface area contributed by atoms with Crippen molar-refractivity contribution in [2.75, 3.05) is 5.73 Å². The number of hydrogen-bond acceptors (Lipinski definition) is 7. The van der Waals surface area contributed by atoms with Crippen molar-refractivity contribution in [3.8, 4) is 22.9 Å². The van der Waals surface area contributed by atoms with Gasteiger partial charge in [-0.25, -0.2) is 32.8 Å². The van der Waals surface area contributed by atoms with Gasteiger partial charge < -0.3 is 11.1 Å². The second-order valence-corrected chi connectivity index (χ2v) is 10.0. The molecule has 7 rings (SSSR count). The molecule has 13 heteroatoms. The molecule has 214 valence electrons. The Kier molecular flexibility index (Phi) is 6.34. The number of benzene rings is 1. The highest BCUT2D eigenvalue weighted by Gasteiger charge is 2.27. The SMILES string of the molecule is Nc1ncccc1-c1nc2c(F)cc(-n3cccn3)nc2n1-c1ccc2c(c1)CC[C@@H]2NC(=O)c1ccc(C(F)F)nc1. The molecule has 3 N–H and O–H groups in total. The largest absolute Gasteiger partial charge is 0.383 e. The number of rotatable bonds is 6. The Bertz CT molecular complexity index is 1990. The van der Waals surface area contributed by atoms with Crippen LogP contribution in [0.25, 0.3) is 34.1 Å². The van der Waals surface area contributed by atoms with Crippen molar-refractivity contribution >= 4 is 22.9 Å². The number of nitrogens with zero attached hydrogens (tertiary/aromatic N) is 7. The van der Waals surface area contributed by atoms with E-state index in [2.05, 4.69) is 25.4 Å². The summed E-state index contributed by atoms with van der Waals surface area (Å²) in [6.45, 7) is 0. The molecule has 5 heterocycles. The van der Waals surface area contributed by atoms with Gasteiger partial charge in [0.1, 0.15) is 17.0 Å². The Labute approximate surface area is 242 Å². The number of imidazole rings is 1. The summed E-state index contributed by atoms with van der Waals surface area (Å²) in [7, 11) is 0. The van der Waals surface area contributed by atoms with Crippen molar-refractivity contribution in [2.45, 2.75) is 25.3 Å². The lowest BCUT2D eigenvalue weighted by Crippen LogP contribution is -2.27. The van der Waals surface area contributed by atoms with Crippen LogP contribution in [0.15, 0.2) is 79.4 Å². The van der Waals surface area contributed by atoms with Crippen LogP contribution in [0.3, 0.4) is 0 Å². The third kappa shape index (κ3) is 4.64. The first-order valence-corrected chi connectivity index (χ1v) is 13.4. The van der Waals surface area contributed by atoms with E-state index in [1.54, 1.807) is 41.4 Å². The van der Waals surface area contributed by atoms with Gasteiger partial charge in [0.05, 0.1) is 17.2 Å². The van der Waals surface area contributed by atoms with Crippen LogP contribution >= 0.6 is 0 Å². The van der Waals surface area contributed by atoms with Crippen molar-refractivity contribution < 1.29 is 18.0 Å². The molecule has 6 aromatic rings. The van der Waals surface area contributed by atoms with E-state index in [1.165, 1.54) is 16.8 Å². The van der Waals surface area contributed by atoms with Gasteiger partial charge in [-0.15, -0.1) is 0 Å². The zero-order valence-electron chi connectivity index (χ0n) is 22.3. The molecule has 1 aliphatic rings. The van der Waals surface area contributed by atoms with E-state index in [0.29, 0.717) is 29.9 Å². The Balaban J connectivity index is 1.29. The number of alkyl halides is 2. The normalized spacial score (nSPS) is 14.4. The first kappa shape index (κ1) is 26.3. The number of nitrogen functional groups attached to an aromatic ring is 1. The summed E-state index contributed by atoms with van der Waals surface area (Å²) in [6, 6.07) is 14.4. The van der Waals surface area contributed by atoms with Crippen molar-refractivity contribution in [1.82, 2.24) is 39.6 Å². The van der Waals surface area contributed by atoms with E-state index in [1.807, 2.05) is 18.2 Å². The quantitative estimate of drug-likeness (QED) is 0.279. The van der Waals surface area contributed by atoms with Crippen molar-refractivity contribution in [3.63, 3.8) is 0 Å². The van der Waals surface area contributed by atoms with Crippen LogP contribution in [-0.4, -0.2) is 40.2 Å². The smallest absolute Gasteiger partial charge is 0.280 e. The van der Waals surface area contributed by atoms with E-state index in [0.717, 1.165) is 23.4 Å². The maximum atomic E-state index is 15.5. The number of amides is 1. The Morgan fingerprint density at radius 2 is 1.93 bits per heavy atom. The zero-order valence-corrected chi connectivity index (χ0v) is 22.3. The number of carbonyl (C=O) groups is 1. The van der Waals surface area contributed by atoms with Gasteiger partial charge in [-0.1, -0.05) is 6.07 Å². The highest BCUT2D eigenvalue weighted by atomic mass is 19.3. The molecule has 1 aliphatic carbocycles. The van der Waals surface area contributed by atoms with Crippen LogP contribution in [0.2, 0.25) is 0 Å². The van der Waals surface area contributed by atoms with Crippen LogP contribution < -0.4 is 11.1 Å². The monoisotopic (exact) mass is 581 g/mol. The Morgan fingerprint density at radius 3 is 2.67 bits per heavy atom. The topological polar surface area (TPSA) is 129 Å². The second-order valence-electron chi connectivity index (χ2n) is 10.0. The summed E-state index contributed by atoms with van der Waals surface area (Å²) in [6.07, 6.45) is 4.54. The van der Waals surface area contributed by atoms with Crippen LogP contribution in [0, 0.1) is 5.82 Å². The number of halogens is 3. The third-order valence-corrected chi connectivity index (χ3v) is 7.41. The van der Waals surface area contributed by atoms with Crippen LogP contribution in [0.4, 0.5) is 19.0 Å². The minimum atomic E-state index is -2.71. The van der Waals surface area contributed by atoms with Gasteiger partial charge in [0.2, 0.25) is 0 Å². The van der Waals surface area contributed by atoms with Crippen LogP contribution in [0.5, 0.6) is 0 Å². The summed E-state index contributed by atoms with van der Waals surface area (Å²) >= 11 is 0. The Morgan fingerprint density at radius 1 is 1.05 bits per heavy atom. The molecule has 1 aromatic carbocycles. The Hall–Kier alpha value is -5.59. The van der Waals surface area contributed by atoms with E-state index < -0.39 is 18.1 Å². The van der Waals surface area contributed by atoms with Gasteiger partial charge in [0, 0.05) is 36.5 Å². The molecule has 0 unspecified atom stereocenters. The standard InChI is InChI=1S/C30H22F3N9O/c31-21-14-24(41-12-2-11-37-41)39-29-25(21)40-28(20-3-1-10-35-27(20)34)42(29)18-6-7-19-16(13-18)4-8-22(19)38-30(43)17-5-9-23(26(32)33)36-15-17/h1-3,5-7,9-15,22,26H,4,8H2,(H2,34,35)(H,38,43)/t22-/m0/s1. The van der Waals surface area contributed by atoms with Gasteiger partial charge in [-0.05, 0) is 66.4 Å². The van der Waals surface area contributed by atoms with Gasteiger partial charge >= 0.3 is 0 Å². The molecule has 10 nitrogen and oxygen atoms in total. The fourth-order valence-corrected chi connectivity index (χ4v) is 5.35. The predicted octanol–water partition coefficient (Wildman–Crippen LogP) is 5.14. The highest BCUT2D eigenvalue weighted by molar-refractivity contribution is 5.94. The third-order valence-electron chi connectivity index (χ3n) is 7.41. The lowest BCUT2D eigenvalue weighted by atomic mass is 10.1. The first-order valence-electron chi connectivity index (χ1n) is 13.4. The van der Waals surface area contributed by atoms with Crippen LogP contribution in [0.1, 0.15) is 46.1 Å². The van der Waals surface area contributed by atoms with Crippen molar-refractivity contribution in [2.24, 2.45) is 0 Å². The molecule has 43 heavy (non-hydrogen) atoms. The summed E-state index contributed by atoms with van der Waals surface area (Å²) in [4.78, 5) is 30.1. The first-order chi connectivity index (χ1) is 20.9. The molecular weight excluding hydrogens is 559 g/mol. The lowest BCUT2D eigenvalue weighted by molar-refractivity contribution is 0.0935. The molecule has 0 radical (unpaired) electrons. The van der Waals surface area contributed by atoms with Crippen LogP contribution in [-0.2, 0) is 6.42 Å². The number of hydrogen-bond donors (Lipinski definition) is 2. The highest BCUT2D eigenvalue weighted by Crippen LogP contribution is 2.36. The number of nitrogens with two attached hydrogens (primary N) is 1. The van der Waals surface area contributed by atoms with E-state index >= 15 is 4.39 Å². The molecule has 1 atom stereocenters. The zero-order chi connectivity index (χ0) is 29.7. The number of nitrogens with one attached hydrogen (secondary N) is 1. The van der Waals surface area contributed by atoms with Gasteiger partial charge in [-0.2, -0.15) is 5.10 Å². The number of aromatic nitrogens is 7. The molecule has 1 amide bonds. The minimum Gasteiger partial charge on any atom is -0.383 e. The molecule has 0 fully saturated rings. The minimum absolute atomic E-state index is 0.0614. The molecule has 5 aromatic heterocycles. The predicted molar refractivity (Wildman–Crippen MR) is 151 cm³/mol. The number of aryl methyl sites for hydroxylation is 1. The molecule has 0 saturated carbocycles. The molecule has 0 aliphatic heterocycles. The van der Waals surface area contributed by atoms with Gasteiger partial charge in [0.25, 0.3) is 12.3 Å². The number of pyridine rings is 3. The van der Waals surface area contributed by atoms with E-state index in [4.69, 9.17) is 10.7 Å². The van der Waals surface area contributed by atoms with Gasteiger partial charge in [-0.3, -0.25) is 14.3 Å². The molecule has 0 spiro atoms. The van der Waals surface area contributed by atoms with Crippen molar-refractivity contribution in [3.05, 3.63) is 108 Å². The summed E-state index contributed by atoms with van der Waals surface area (Å²) in [5.41, 5.74) is 9.43. The molecule has 0 saturated heterocycles. The number of carbonyl (C=O) groups excluding carboxylic acids is 1. The fraction of sp³-hybridized carbons (Fsp3) is 0.133. The average molecular weight is 582 g/mol. The summed E-state index contributed by atoms with van der Waals surface area (Å²) < 4.78 is 44.4. The molecular formula is C30H22F3N9O. The summed E-state index contributed by atoms with van der Waals surface area (Å²) in [5, 5.41) is 7.16. The lowest BCUT2D eigenvalue weighted by Gasteiger charge is -2.16. The molecule has 0 bridgehead atoms. The second kappa shape index (κ2) is 10.4. The maximum absolute atomic E-state index is 15.5. The van der Waals surface area contributed by atoms with E-state index in [9.17, 15) is 13.6 Å². The van der Waals surface area contributed by atoms with Gasteiger partial charge in [0.15, 0.2) is 23.1 Å².